The van der Waals surface area contributed by atoms with Crippen LogP contribution in [0.4, 0.5) is 5.69 Å². The highest BCUT2D eigenvalue weighted by Gasteiger charge is 2.25. The molecule has 4 aromatic rings. The fourth-order valence-corrected chi connectivity index (χ4v) is 4.92. The Hall–Kier alpha value is -3.79. The number of nitrogens with zero attached hydrogens (tertiary/aromatic N) is 3. The molecule has 0 saturated carbocycles. The average molecular weight is 483 g/mol. The van der Waals surface area contributed by atoms with Crippen molar-refractivity contribution in [2.45, 2.75) is 13.5 Å². The van der Waals surface area contributed by atoms with Crippen LogP contribution < -0.4 is 5.32 Å². The lowest BCUT2D eigenvalue weighted by atomic mass is 10.1. The third-order valence-electron chi connectivity index (χ3n) is 5.70. The van der Waals surface area contributed by atoms with E-state index in [4.69, 9.17) is 11.6 Å². The minimum Gasteiger partial charge on any atom is -0.342 e. The maximum absolute atomic E-state index is 12.7. The van der Waals surface area contributed by atoms with E-state index in [2.05, 4.69) is 20.9 Å². The van der Waals surface area contributed by atoms with Crippen LogP contribution in [0, 0.1) is 18.3 Å². The maximum atomic E-state index is 12.7. The number of carbonyl (C=O) groups is 1. The molecule has 2 heterocycles. The number of thioether (sulfide) groups is 1. The van der Waals surface area contributed by atoms with Crippen molar-refractivity contribution in [3.05, 3.63) is 105 Å². The van der Waals surface area contributed by atoms with Gasteiger partial charge < -0.3 is 9.88 Å². The van der Waals surface area contributed by atoms with E-state index in [0.717, 1.165) is 33.3 Å². The quantitative estimate of drug-likeness (QED) is 0.341. The molecule has 0 unspecified atom stereocenters. The van der Waals surface area contributed by atoms with Crippen LogP contribution in [-0.4, -0.2) is 15.6 Å². The van der Waals surface area contributed by atoms with Gasteiger partial charge in [0.15, 0.2) is 5.17 Å². The van der Waals surface area contributed by atoms with E-state index in [9.17, 15) is 10.1 Å². The summed E-state index contributed by atoms with van der Waals surface area (Å²) in [6.07, 6.45) is 3.91. The lowest BCUT2D eigenvalue weighted by molar-refractivity contribution is -0.115. The molecule has 1 N–H and O–H groups in total. The van der Waals surface area contributed by atoms with E-state index in [1.165, 1.54) is 11.8 Å². The molecule has 1 aromatic heterocycles. The summed E-state index contributed by atoms with van der Waals surface area (Å²) in [5, 5.41) is 14.5. The highest BCUT2D eigenvalue weighted by molar-refractivity contribution is 8.18. The Morgan fingerprint density at radius 1 is 1.12 bits per heavy atom. The molecule has 7 heteroatoms. The smallest absolute Gasteiger partial charge is 0.264 e. The van der Waals surface area contributed by atoms with E-state index in [1.54, 1.807) is 0 Å². The fraction of sp³-hybridized carbons (Fsp3) is 0.0741. The van der Waals surface area contributed by atoms with Crippen molar-refractivity contribution in [1.29, 1.82) is 5.26 Å². The average Bonchev–Trinajstić information content (AvgIpc) is 3.37. The molecule has 1 saturated heterocycles. The fourth-order valence-electron chi connectivity index (χ4n) is 3.92. The van der Waals surface area contributed by atoms with Crippen molar-refractivity contribution >= 4 is 57.1 Å². The van der Waals surface area contributed by atoms with Gasteiger partial charge in [-0.05, 0) is 60.2 Å². The number of benzene rings is 3. The Kier molecular flexibility index (Phi) is 5.97. The van der Waals surface area contributed by atoms with Gasteiger partial charge in [0.25, 0.3) is 5.91 Å². The number of hydrogen-bond donors (Lipinski definition) is 1. The number of halogens is 1. The molecule has 0 spiro atoms. The van der Waals surface area contributed by atoms with Crippen molar-refractivity contribution in [3.8, 4) is 6.07 Å². The van der Waals surface area contributed by atoms with Gasteiger partial charge in [0, 0.05) is 34.2 Å². The van der Waals surface area contributed by atoms with E-state index in [0.29, 0.717) is 27.2 Å². The number of amides is 1. The SMILES string of the molecule is Cc1c(Cl)cccc1N=C1NC(=O)/C(=C\c2cn(Cc3ccccc3C#N)c3ccccc23)S1. The first-order valence-electron chi connectivity index (χ1n) is 10.6. The molecule has 5 rings (SSSR count). The van der Waals surface area contributed by atoms with Gasteiger partial charge >= 0.3 is 0 Å². The van der Waals surface area contributed by atoms with Crippen LogP contribution in [0.2, 0.25) is 5.02 Å². The molecule has 34 heavy (non-hydrogen) atoms. The van der Waals surface area contributed by atoms with Gasteiger partial charge in [-0.2, -0.15) is 5.26 Å². The number of nitriles is 1. The Morgan fingerprint density at radius 2 is 1.91 bits per heavy atom. The number of para-hydroxylation sites is 1. The van der Waals surface area contributed by atoms with Crippen LogP contribution in [0.15, 0.2) is 82.8 Å². The Bertz CT molecular complexity index is 1540. The number of fused-ring (bicyclic) bond motifs is 1. The summed E-state index contributed by atoms with van der Waals surface area (Å²) >= 11 is 7.51. The third kappa shape index (κ3) is 4.24. The van der Waals surface area contributed by atoms with Crippen molar-refractivity contribution < 1.29 is 4.79 Å². The number of aromatic nitrogens is 1. The van der Waals surface area contributed by atoms with Crippen LogP contribution in [0.5, 0.6) is 0 Å². The number of nitrogens with one attached hydrogen (secondary N) is 1. The summed E-state index contributed by atoms with van der Waals surface area (Å²) in [6, 6.07) is 23.4. The van der Waals surface area contributed by atoms with Gasteiger partial charge in [0.2, 0.25) is 0 Å². The van der Waals surface area contributed by atoms with Gasteiger partial charge in [0.05, 0.1) is 22.2 Å². The second-order valence-electron chi connectivity index (χ2n) is 7.86. The van der Waals surface area contributed by atoms with Crippen LogP contribution in [0.1, 0.15) is 22.3 Å². The molecule has 3 aromatic carbocycles. The third-order valence-corrected chi connectivity index (χ3v) is 7.02. The number of amidine groups is 1. The normalized spacial score (nSPS) is 15.7. The zero-order valence-electron chi connectivity index (χ0n) is 18.2. The molecule has 0 atom stereocenters. The minimum absolute atomic E-state index is 0.185. The van der Waals surface area contributed by atoms with Gasteiger partial charge in [-0.1, -0.05) is 54.1 Å². The number of carbonyl (C=O) groups excluding carboxylic acids is 1. The van der Waals surface area contributed by atoms with Gasteiger partial charge in [-0.25, -0.2) is 4.99 Å². The molecule has 1 amide bonds. The van der Waals surface area contributed by atoms with Crippen molar-refractivity contribution in [2.75, 3.05) is 0 Å². The lowest BCUT2D eigenvalue weighted by Crippen LogP contribution is -2.19. The first-order valence-corrected chi connectivity index (χ1v) is 11.8. The van der Waals surface area contributed by atoms with Crippen LogP contribution in [0.25, 0.3) is 17.0 Å². The van der Waals surface area contributed by atoms with Crippen LogP contribution >= 0.6 is 23.4 Å². The monoisotopic (exact) mass is 482 g/mol. The molecule has 0 aliphatic carbocycles. The minimum atomic E-state index is -0.185. The van der Waals surface area contributed by atoms with E-state index in [1.807, 2.05) is 85.9 Å². The summed E-state index contributed by atoms with van der Waals surface area (Å²) in [7, 11) is 0. The van der Waals surface area contributed by atoms with Crippen LogP contribution in [-0.2, 0) is 11.3 Å². The molecule has 5 nitrogen and oxygen atoms in total. The molecular weight excluding hydrogens is 464 g/mol. The topological polar surface area (TPSA) is 70.2 Å². The Labute approximate surface area is 206 Å². The molecule has 1 fully saturated rings. The zero-order valence-corrected chi connectivity index (χ0v) is 19.8. The zero-order chi connectivity index (χ0) is 23.7. The van der Waals surface area contributed by atoms with Crippen molar-refractivity contribution in [3.63, 3.8) is 0 Å². The highest BCUT2D eigenvalue weighted by atomic mass is 35.5. The first kappa shape index (κ1) is 22.0. The molecular formula is C27H19ClN4OS. The molecule has 0 radical (unpaired) electrons. The second kappa shape index (κ2) is 9.22. The molecule has 1 aliphatic rings. The van der Waals surface area contributed by atoms with Crippen molar-refractivity contribution in [2.24, 2.45) is 4.99 Å². The van der Waals surface area contributed by atoms with Gasteiger partial charge in [-0.3, -0.25) is 4.79 Å². The Balaban J connectivity index is 1.50. The second-order valence-corrected chi connectivity index (χ2v) is 9.30. The number of rotatable bonds is 4. The molecule has 1 aliphatic heterocycles. The van der Waals surface area contributed by atoms with Crippen LogP contribution in [0.3, 0.4) is 0 Å². The molecule has 166 valence electrons. The number of aliphatic imine (C=N–C) groups is 1. The predicted molar refractivity (Wildman–Crippen MR) is 139 cm³/mol. The highest BCUT2D eigenvalue weighted by Crippen LogP contribution is 2.33. The summed E-state index contributed by atoms with van der Waals surface area (Å²) in [6.45, 7) is 2.47. The van der Waals surface area contributed by atoms with Gasteiger partial charge in [-0.15, -0.1) is 0 Å². The largest absolute Gasteiger partial charge is 0.342 e. The van der Waals surface area contributed by atoms with E-state index >= 15 is 0 Å². The lowest BCUT2D eigenvalue weighted by Gasteiger charge is -2.07. The maximum Gasteiger partial charge on any atom is 0.264 e. The van der Waals surface area contributed by atoms with E-state index < -0.39 is 0 Å². The molecule has 0 bridgehead atoms. The van der Waals surface area contributed by atoms with Gasteiger partial charge in [0.1, 0.15) is 0 Å². The summed E-state index contributed by atoms with van der Waals surface area (Å²) in [4.78, 5) is 17.9. The standard InChI is InChI=1S/C27H19ClN4OS/c1-17-22(28)10-6-11-23(17)30-27-31-26(33)25(34-27)13-20-16-32(24-12-5-4-9-21(20)24)15-19-8-3-2-7-18(19)14-29/h2-13,16H,15H2,1H3,(H,30,31,33)/b25-13+. The summed E-state index contributed by atoms with van der Waals surface area (Å²) in [5.74, 6) is -0.185. The summed E-state index contributed by atoms with van der Waals surface area (Å²) < 4.78 is 2.11. The van der Waals surface area contributed by atoms with E-state index in [-0.39, 0.29) is 5.91 Å². The number of hydrogen-bond acceptors (Lipinski definition) is 4. The first-order chi connectivity index (χ1) is 16.5. The summed E-state index contributed by atoms with van der Waals surface area (Å²) in [5.41, 5.74) is 5.16. The predicted octanol–water partition coefficient (Wildman–Crippen LogP) is 6.41. The van der Waals surface area contributed by atoms with Crippen molar-refractivity contribution in [1.82, 2.24) is 9.88 Å². The Morgan fingerprint density at radius 3 is 2.76 bits per heavy atom.